The third kappa shape index (κ3) is 2.96. The Kier molecular flexibility index (Phi) is 3.96. The molecule has 4 heteroatoms. The van der Waals surface area contributed by atoms with Crippen LogP contribution >= 0.6 is 0 Å². The van der Waals surface area contributed by atoms with Gasteiger partial charge >= 0.3 is 0 Å². The van der Waals surface area contributed by atoms with E-state index >= 15 is 0 Å². The maximum Gasteiger partial charge on any atom is 0.253 e. The van der Waals surface area contributed by atoms with Gasteiger partial charge in [-0.2, -0.15) is 0 Å². The monoisotopic (exact) mass is 233 g/mol. The van der Waals surface area contributed by atoms with Gasteiger partial charge in [0.1, 0.15) is 0 Å². The standard InChI is InChI=1S/C13H19N3O/c1-2-15-12-9-14-7-6-11(12)13(17)16-8-10-4-3-5-10/h6-7,9-10,15H,2-5,8H2,1H3,(H,16,17). The molecule has 1 saturated carbocycles. The van der Waals surface area contributed by atoms with E-state index in [0.29, 0.717) is 11.5 Å². The molecular formula is C13H19N3O. The molecule has 0 radical (unpaired) electrons. The molecule has 1 aliphatic carbocycles. The Hall–Kier alpha value is -1.58. The predicted molar refractivity (Wildman–Crippen MR) is 68.1 cm³/mol. The first-order chi connectivity index (χ1) is 8.31. The van der Waals surface area contributed by atoms with Crippen molar-refractivity contribution in [1.82, 2.24) is 10.3 Å². The van der Waals surface area contributed by atoms with E-state index < -0.39 is 0 Å². The van der Waals surface area contributed by atoms with Crippen LogP contribution in [0, 0.1) is 5.92 Å². The summed E-state index contributed by atoms with van der Waals surface area (Å²) in [6.45, 7) is 3.59. The molecule has 1 heterocycles. The van der Waals surface area contributed by atoms with E-state index in [9.17, 15) is 4.79 Å². The molecule has 1 aliphatic rings. The second kappa shape index (κ2) is 5.66. The lowest BCUT2D eigenvalue weighted by molar-refractivity contribution is 0.0940. The largest absolute Gasteiger partial charge is 0.383 e. The second-order valence-corrected chi connectivity index (χ2v) is 4.46. The molecule has 1 aromatic rings. The maximum absolute atomic E-state index is 12.0. The minimum absolute atomic E-state index is 0.00440. The van der Waals surface area contributed by atoms with Crippen LogP contribution in [-0.2, 0) is 0 Å². The minimum atomic E-state index is -0.00440. The van der Waals surface area contributed by atoms with E-state index in [2.05, 4.69) is 15.6 Å². The van der Waals surface area contributed by atoms with Gasteiger partial charge in [0.05, 0.1) is 17.4 Å². The zero-order chi connectivity index (χ0) is 12.1. The van der Waals surface area contributed by atoms with Crippen LogP contribution in [0.25, 0.3) is 0 Å². The summed E-state index contributed by atoms with van der Waals surface area (Å²) in [4.78, 5) is 16.0. The molecule has 17 heavy (non-hydrogen) atoms. The molecule has 1 amide bonds. The van der Waals surface area contributed by atoms with Crippen LogP contribution in [0.3, 0.4) is 0 Å². The molecule has 0 aromatic carbocycles. The number of rotatable bonds is 5. The van der Waals surface area contributed by atoms with Gasteiger partial charge in [0.2, 0.25) is 0 Å². The lowest BCUT2D eigenvalue weighted by Gasteiger charge is -2.25. The lowest BCUT2D eigenvalue weighted by atomic mass is 9.85. The van der Waals surface area contributed by atoms with Crippen LogP contribution in [0.15, 0.2) is 18.5 Å². The first kappa shape index (κ1) is 11.9. The molecule has 2 N–H and O–H groups in total. The fraction of sp³-hybridized carbons (Fsp3) is 0.538. The van der Waals surface area contributed by atoms with Crippen LogP contribution in [0.1, 0.15) is 36.5 Å². The number of pyridine rings is 1. The van der Waals surface area contributed by atoms with Crippen molar-refractivity contribution in [2.75, 3.05) is 18.4 Å². The summed E-state index contributed by atoms with van der Waals surface area (Å²) in [5.41, 5.74) is 1.49. The van der Waals surface area contributed by atoms with E-state index in [1.54, 1.807) is 18.5 Å². The number of nitrogens with zero attached hydrogens (tertiary/aromatic N) is 1. The molecule has 0 unspecified atom stereocenters. The van der Waals surface area contributed by atoms with Crippen LogP contribution in [0.2, 0.25) is 0 Å². The highest BCUT2D eigenvalue weighted by Crippen LogP contribution is 2.25. The number of amides is 1. The predicted octanol–water partition coefficient (Wildman–Crippen LogP) is 2.04. The van der Waals surface area contributed by atoms with Crippen LogP contribution < -0.4 is 10.6 Å². The molecule has 0 saturated heterocycles. The highest BCUT2D eigenvalue weighted by molar-refractivity contribution is 5.99. The van der Waals surface area contributed by atoms with Crippen molar-refractivity contribution in [3.8, 4) is 0 Å². The Labute approximate surface area is 102 Å². The van der Waals surface area contributed by atoms with Crippen LogP contribution in [0.5, 0.6) is 0 Å². The average Bonchev–Trinajstić information content (AvgIpc) is 2.28. The molecule has 0 spiro atoms. The summed E-state index contributed by atoms with van der Waals surface area (Å²) in [5, 5.41) is 6.14. The average molecular weight is 233 g/mol. The summed E-state index contributed by atoms with van der Waals surface area (Å²) in [5.74, 6) is 0.679. The molecule has 4 nitrogen and oxygen atoms in total. The van der Waals surface area contributed by atoms with Crippen LogP contribution in [0.4, 0.5) is 5.69 Å². The van der Waals surface area contributed by atoms with Gasteiger partial charge in [0, 0.05) is 19.3 Å². The third-order valence-corrected chi connectivity index (χ3v) is 3.21. The highest BCUT2D eigenvalue weighted by Gasteiger charge is 2.19. The summed E-state index contributed by atoms with van der Waals surface area (Å²) in [6.07, 6.45) is 7.15. The quantitative estimate of drug-likeness (QED) is 0.818. The molecule has 0 atom stereocenters. The number of aromatic nitrogens is 1. The Morgan fingerprint density at radius 1 is 1.53 bits per heavy atom. The zero-order valence-electron chi connectivity index (χ0n) is 10.2. The summed E-state index contributed by atoms with van der Waals surface area (Å²) in [6, 6.07) is 1.76. The van der Waals surface area contributed by atoms with Gasteiger partial charge in [0.15, 0.2) is 0 Å². The molecule has 0 bridgehead atoms. The number of carbonyl (C=O) groups excluding carboxylic acids is 1. The molecule has 1 fully saturated rings. The van der Waals surface area contributed by atoms with Gasteiger partial charge in [-0.05, 0) is 31.7 Å². The number of carbonyl (C=O) groups is 1. The van der Waals surface area contributed by atoms with Gasteiger partial charge in [-0.15, -0.1) is 0 Å². The SMILES string of the molecule is CCNc1cnccc1C(=O)NCC1CCC1. The summed E-state index contributed by atoms with van der Waals surface area (Å²) >= 11 is 0. The lowest BCUT2D eigenvalue weighted by Crippen LogP contribution is -2.32. The Morgan fingerprint density at radius 3 is 3.00 bits per heavy atom. The van der Waals surface area contributed by atoms with E-state index in [-0.39, 0.29) is 5.91 Å². The number of nitrogens with one attached hydrogen (secondary N) is 2. The van der Waals surface area contributed by atoms with E-state index in [1.807, 2.05) is 6.92 Å². The highest BCUT2D eigenvalue weighted by atomic mass is 16.1. The Bertz CT molecular complexity index is 388. The van der Waals surface area contributed by atoms with E-state index in [0.717, 1.165) is 18.8 Å². The second-order valence-electron chi connectivity index (χ2n) is 4.46. The summed E-state index contributed by atoms with van der Waals surface area (Å²) in [7, 11) is 0. The Morgan fingerprint density at radius 2 is 2.35 bits per heavy atom. The zero-order valence-corrected chi connectivity index (χ0v) is 10.2. The molecule has 2 rings (SSSR count). The third-order valence-electron chi connectivity index (χ3n) is 3.21. The molecule has 92 valence electrons. The first-order valence-corrected chi connectivity index (χ1v) is 6.27. The van der Waals surface area contributed by atoms with Gasteiger partial charge < -0.3 is 10.6 Å². The Balaban J connectivity index is 1.96. The fourth-order valence-electron chi connectivity index (χ4n) is 1.95. The van der Waals surface area contributed by atoms with Gasteiger partial charge in [0.25, 0.3) is 5.91 Å². The van der Waals surface area contributed by atoms with E-state index in [1.165, 1.54) is 19.3 Å². The van der Waals surface area contributed by atoms with Crippen molar-refractivity contribution < 1.29 is 4.79 Å². The van der Waals surface area contributed by atoms with Gasteiger partial charge in [-0.3, -0.25) is 9.78 Å². The smallest absolute Gasteiger partial charge is 0.253 e. The topological polar surface area (TPSA) is 54.0 Å². The van der Waals surface area contributed by atoms with Gasteiger partial charge in [-0.1, -0.05) is 6.42 Å². The normalized spacial score (nSPS) is 15.1. The van der Waals surface area contributed by atoms with Gasteiger partial charge in [-0.25, -0.2) is 0 Å². The van der Waals surface area contributed by atoms with Crippen LogP contribution in [-0.4, -0.2) is 24.0 Å². The van der Waals surface area contributed by atoms with Crippen molar-refractivity contribution in [1.29, 1.82) is 0 Å². The number of hydrogen-bond donors (Lipinski definition) is 2. The summed E-state index contributed by atoms with van der Waals surface area (Å²) < 4.78 is 0. The molecule has 0 aliphatic heterocycles. The molecular weight excluding hydrogens is 214 g/mol. The fourth-order valence-corrected chi connectivity index (χ4v) is 1.95. The maximum atomic E-state index is 12.0. The first-order valence-electron chi connectivity index (χ1n) is 6.27. The van der Waals surface area contributed by atoms with Crippen molar-refractivity contribution in [2.45, 2.75) is 26.2 Å². The van der Waals surface area contributed by atoms with Crippen molar-refractivity contribution >= 4 is 11.6 Å². The van der Waals surface area contributed by atoms with Crippen molar-refractivity contribution in [2.24, 2.45) is 5.92 Å². The number of anilines is 1. The van der Waals surface area contributed by atoms with Crippen molar-refractivity contribution in [3.05, 3.63) is 24.0 Å². The molecule has 1 aromatic heterocycles. The minimum Gasteiger partial charge on any atom is -0.383 e. The van der Waals surface area contributed by atoms with Crippen molar-refractivity contribution in [3.63, 3.8) is 0 Å². The van der Waals surface area contributed by atoms with E-state index in [4.69, 9.17) is 0 Å². The number of hydrogen-bond acceptors (Lipinski definition) is 3.